The van der Waals surface area contributed by atoms with Crippen molar-refractivity contribution in [2.75, 3.05) is 0 Å². The van der Waals surface area contributed by atoms with Crippen LogP contribution in [0.5, 0.6) is 0 Å². The molecule has 0 aliphatic heterocycles. The molecule has 0 spiro atoms. The van der Waals surface area contributed by atoms with Crippen molar-refractivity contribution in [3.63, 3.8) is 0 Å². The number of carbonyl (C=O) groups is 2. The zero-order chi connectivity index (χ0) is 17.5. The van der Waals surface area contributed by atoms with Gasteiger partial charge in [-0.15, -0.1) is 0 Å². The molecule has 24 heavy (non-hydrogen) atoms. The van der Waals surface area contributed by atoms with Crippen LogP contribution in [0.1, 0.15) is 45.6 Å². The van der Waals surface area contributed by atoms with Crippen LogP contribution in [0, 0.1) is 22.7 Å². The zero-order valence-electron chi connectivity index (χ0n) is 14.4. The molecule has 0 amide bonds. The summed E-state index contributed by atoms with van der Waals surface area (Å²) in [6, 6.07) is 1.83. The summed E-state index contributed by atoms with van der Waals surface area (Å²) in [6.45, 7) is 6.23. The van der Waals surface area contributed by atoms with Crippen LogP contribution >= 0.6 is 0 Å². The molecule has 1 heterocycles. The molecule has 2 aliphatic rings. The predicted octanol–water partition coefficient (Wildman–Crippen LogP) is 4.34. The average Bonchev–Trinajstić information content (AvgIpc) is 3.01. The van der Waals surface area contributed by atoms with Gasteiger partial charge >= 0.3 is 0 Å². The molecule has 0 unspecified atom stereocenters. The molecule has 1 aromatic rings. The van der Waals surface area contributed by atoms with Gasteiger partial charge in [0.1, 0.15) is 0 Å². The van der Waals surface area contributed by atoms with Gasteiger partial charge in [0.2, 0.25) is 11.6 Å². The highest BCUT2D eigenvalue weighted by Gasteiger charge is 2.59. The fourth-order valence-corrected chi connectivity index (χ4v) is 4.91. The summed E-state index contributed by atoms with van der Waals surface area (Å²) in [7, 11) is 0. The van der Waals surface area contributed by atoms with Crippen molar-refractivity contribution in [3.05, 3.63) is 42.1 Å². The van der Waals surface area contributed by atoms with Crippen LogP contribution in [-0.4, -0.2) is 16.7 Å². The molecule has 1 N–H and O–H groups in total. The first kappa shape index (κ1) is 16.7. The Bertz CT molecular complexity index is 708. The fourth-order valence-electron chi connectivity index (χ4n) is 4.91. The van der Waals surface area contributed by atoms with Gasteiger partial charge in [0.25, 0.3) is 0 Å². The lowest BCUT2D eigenvalue weighted by molar-refractivity contribution is -0.152. The minimum absolute atomic E-state index is 0.205. The number of fused-ring (bicyclic) bond motifs is 1. The molecule has 0 radical (unpaired) electrons. The van der Waals surface area contributed by atoms with E-state index in [2.05, 4.69) is 20.8 Å². The van der Waals surface area contributed by atoms with Crippen molar-refractivity contribution >= 4 is 17.6 Å². The van der Waals surface area contributed by atoms with Crippen LogP contribution in [0.15, 0.2) is 40.9 Å². The second-order valence-corrected chi connectivity index (χ2v) is 7.95. The van der Waals surface area contributed by atoms with E-state index >= 15 is 0 Å². The van der Waals surface area contributed by atoms with E-state index in [0.717, 1.165) is 31.1 Å². The quantitative estimate of drug-likeness (QED) is 0.498. The van der Waals surface area contributed by atoms with Crippen molar-refractivity contribution in [3.8, 4) is 0 Å². The van der Waals surface area contributed by atoms with Crippen LogP contribution in [0.4, 0.5) is 0 Å². The van der Waals surface area contributed by atoms with Gasteiger partial charge in [0.15, 0.2) is 0 Å². The van der Waals surface area contributed by atoms with Gasteiger partial charge in [-0.05, 0) is 29.7 Å². The lowest BCUT2D eigenvalue weighted by atomic mass is 9.47. The standard InChI is InChI=1S/C20H24O4/c1-19(2)8-4-9-20(3)15(6-5-13-7-10-24-12-13)14(11-21)16(22)17(23)18(19)20/h5-7,10-12,15,18,21H,4,8-9H2,1-3H3/t15-,18-,20+/m0/s1. The second kappa shape index (κ2) is 5.76. The maximum absolute atomic E-state index is 12.8. The average molecular weight is 328 g/mol. The monoisotopic (exact) mass is 328 g/mol. The lowest BCUT2D eigenvalue weighted by Crippen LogP contribution is -2.56. The van der Waals surface area contributed by atoms with Gasteiger partial charge in [-0.1, -0.05) is 39.3 Å². The molecule has 0 aromatic carbocycles. The minimum atomic E-state index is -0.545. The summed E-state index contributed by atoms with van der Waals surface area (Å²) in [5, 5.41) is 9.65. The van der Waals surface area contributed by atoms with Crippen LogP contribution in [0.2, 0.25) is 0 Å². The molecule has 2 saturated carbocycles. The van der Waals surface area contributed by atoms with Crippen molar-refractivity contribution in [1.29, 1.82) is 0 Å². The first-order valence-corrected chi connectivity index (χ1v) is 8.44. The topological polar surface area (TPSA) is 67.5 Å². The summed E-state index contributed by atoms with van der Waals surface area (Å²) in [6.07, 6.45) is 10.7. The number of allylic oxidation sites excluding steroid dienone is 2. The molecule has 0 saturated heterocycles. The summed E-state index contributed by atoms with van der Waals surface area (Å²) in [4.78, 5) is 25.4. The molecule has 128 valence electrons. The molecular formula is C20H24O4. The van der Waals surface area contributed by atoms with E-state index in [4.69, 9.17) is 4.42 Å². The summed E-state index contributed by atoms with van der Waals surface area (Å²) >= 11 is 0. The highest BCUT2D eigenvalue weighted by Crippen LogP contribution is 2.59. The van der Waals surface area contributed by atoms with Crippen molar-refractivity contribution in [2.45, 2.75) is 40.0 Å². The number of furan rings is 1. The van der Waals surface area contributed by atoms with Crippen molar-refractivity contribution in [1.82, 2.24) is 0 Å². The zero-order valence-corrected chi connectivity index (χ0v) is 14.4. The molecule has 2 fully saturated rings. The third-order valence-electron chi connectivity index (χ3n) is 5.93. The Hall–Kier alpha value is -2.10. The van der Waals surface area contributed by atoms with Gasteiger partial charge in [0, 0.05) is 23.0 Å². The van der Waals surface area contributed by atoms with E-state index in [1.807, 2.05) is 18.2 Å². The number of aliphatic hydroxyl groups is 1. The van der Waals surface area contributed by atoms with Gasteiger partial charge in [-0.25, -0.2) is 0 Å². The highest BCUT2D eigenvalue weighted by molar-refractivity contribution is 6.45. The molecular weight excluding hydrogens is 304 g/mol. The van der Waals surface area contributed by atoms with Gasteiger partial charge in [-0.2, -0.15) is 0 Å². The number of ketones is 2. The minimum Gasteiger partial charge on any atom is -0.515 e. The molecule has 0 bridgehead atoms. The van der Waals surface area contributed by atoms with E-state index < -0.39 is 5.78 Å². The Morgan fingerprint density at radius 1 is 1.25 bits per heavy atom. The summed E-state index contributed by atoms with van der Waals surface area (Å²) in [5.74, 6) is -1.51. The molecule has 4 nitrogen and oxygen atoms in total. The fraction of sp³-hybridized carbons (Fsp3) is 0.500. The Morgan fingerprint density at radius 2 is 2.00 bits per heavy atom. The number of Topliss-reactive ketones (excluding diaryl/α,β-unsaturated/α-hetero) is 2. The van der Waals surface area contributed by atoms with Gasteiger partial charge in [-0.3, -0.25) is 9.59 Å². The van der Waals surface area contributed by atoms with E-state index in [1.54, 1.807) is 12.5 Å². The van der Waals surface area contributed by atoms with E-state index in [9.17, 15) is 14.7 Å². The molecule has 4 heteroatoms. The van der Waals surface area contributed by atoms with Crippen LogP contribution < -0.4 is 0 Å². The molecule has 2 aliphatic carbocycles. The van der Waals surface area contributed by atoms with Gasteiger partial charge < -0.3 is 9.52 Å². The Labute approximate surface area is 142 Å². The molecule has 1 aromatic heterocycles. The Balaban J connectivity index is 2.09. The van der Waals surface area contributed by atoms with E-state index in [1.165, 1.54) is 0 Å². The Kier molecular flexibility index (Phi) is 4.02. The SMILES string of the molecule is CC1(C)CCC[C@]2(C)[C@@H](C=Cc3ccoc3)C(=CO)C(=O)C(=O)[C@@H]12. The smallest absolute Gasteiger partial charge is 0.228 e. The normalized spacial score (nSPS) is 34.7. The lowest BCUT2D eigenvalue weighted by Gasteiger charge is -2.55. The van der Waals surface area contributed by atoms with Crippen LogP contribution in [0.3, 0.4) is 0 Å². The van der Waals surface area contributed by atoms with Gasteiger partial charge in [0.05, 0.1) is 18.8 Å². The number of carbonyl (C=O) groups excluding carboxylic acids is 2. The predicted molar refractivity (Wildman–Crippen MR) is 91.2 cm³/mol. The molecule has 3 atom stereocenters. The number of hydrogen-bond acceptors (Lipinski definition) is 4. The number of rotatable bonds is 2. The van der Waals surface area contributed by atoms with Crippen LogP contribution in [-0.2, 0) is 9.59 Å². The maximum Gasteiger partial charge on any atom is 0.228 e. The van der Waals surface area contributed by atoms with E-state index in [0.29, 0.717) is 0 Å². The van der Waals surface area contributed by atoms with Crippen molar-refractivity contribution in [2.24, 2.45) is 22.7 Å². The third kappa shape index (κ3) is 2.45. The van der Waals surface area contributed by atoms with E-state index in [-0.39, 0.29) is 34.0 Å². The second-order valence-electron chi connectivity index (χ2n) is 7.95. The summed E-state index contributed by atoms with van der Waals surface area (Å²) < 4.78 is 5.07. The number of aliphatic hydroxyl groups excluding tert-OH is 1. The largest absolute Gasteiger partial charge is 0.515 e. The molecule has 3 rings (SSSR count). The summed E-state index contributed by atoms with van der Waals surface area (Å²) in [5.41, 5.74) is 0.507. The third-order valence-corrected chi connectivity index (χ3v) is 5.93. The number of hydrogen-bond donors (Lipinski definition) is 1. The maximum atomic E-state index is 12.8. The first-order chi connectivity index (χ1) is 11.3. The van der Waals surface area contributed by atoms with Crippen molar-refractivity contribution < 1.29 is 19.1 Å². The van der Waals surface area contributed by atoms with Crippen LogP contribution in [0.25, 0.3) is 6.08 Å². The first-order valence-electron chi connectivity index (χ1n) is 8.44. The Morgan fingerprint density at radius 3 is 2.62 bits per heavy atom. The highest BCUT2D eigenvalue weighted by atomic mass is 16.3.